The maximum Gasteiger partial charge on any atom is 0.253 e. The van der Waals surface area contributed by atoms with Gasteiger partial charge in [0, 0.05) is 18.7 Å². The zero-order valence-electron chi connectivity index (χ0n) is 11.9. The fourth-order valence-corrected chi connectivity index (χ4v) is 2.78. The Balaban J connectivity index is 1.67. The van der Waals surface area contributed by atoms with Gasteiger partial charge in [0.25, 0.3) is 5.91 Å². The molecule has 0 saturated carbocycles. The number of hydrogen-bond acceptors (Lipinski definition) is 2. The summed E-state index contributed by atoms with van der Waals surface area (Å²) in [5.74, 6) is 0.151. The highest BCUT2D eigenvalue weighted by molar-refractivity contribution is 5.95. The highest BCUT2D eigenvalue weighted by Crippen LogP contribution is 2.38. The Morgan fingerprint density at radius 2 is 1.74 bits per heavy atom. The second-order valence-corrected chi connectivity index (χ2v) is 6.98. The summed E-state index contributed by atoms with van der Waals surface area (Å²) in [6, 6.07) is 8.03. The van der Waals surface area contributed by atoms with Gasteiger partial charge in [-0.05, 0) is 23.1 Å². The van der Waals surface area contributed by atoms with Gasteiger partial charge in [-0.15, -0.1) is 0 Å². The molecule has 2 fully saturated rings. The van der Waals surface area contributed by atoms with Crippen molar-refractivity contribution in [1.82, 2.24) is 4.90 Å². The van der Waals surface area contributed by atoms with Crippen molar-refractivity contribution >= 4 is 5.91 Å². The molecule has 3 rings (SSSR count). The van der Waals surface area contributed by atoms with E-state index in [0.29, 0.717) is 5.41 Å². The maximum atomic E-state index is 12.3. The molecule has 2 heterocycles. The number of carbonyl (C=O) groups is 1. The smallest absolute Gasteiger partial charge is 0.253 e. The first kappa shape index (κ1) is 12.7. The molecule has 3 nitrogen and oxygen atoms in total. The largest absolute Gasteiger partial charge is 0.380 e. The standard InChI is InChI=1S/C16H21NO2/c1-15(2,3)13-6-4-12(5-7-13)14(18)17-8-16(9-17)10-19-11-16/h4-7H,8-11H2,1-3H3. The average molecular weight is 259 g/mol. The molecule has 0 atom stereocenters. The summed E-state index contributed by atoms with van der Waals surface area (Å²) < 4.78 is 5.23. The Bertz CT molecular complexity index is 486. The van der Waals surface area contributed by atoms with E-state index in [9.17, 15) is 4.79 Å². The van der Waals surface area contributed by atoms with Crippen LogP contribution >= 0.6 is 0 Å². The minimum Gasteiger partial charge on any atom is -0.380 e. The molecule has 0 aromatic heterocycles. The van der Waals surface area contributed by atoms with Crippen LogP contribution in [-0.2, 0) is 10.2 Å². The molecule has 0 unspecified atom stereocenters. The Morgan fingerprint density at radius 1 is 1.16 bits per heavy atom. The van der Waals surface area contributed by atoms with E-state index < -0.39 is 0 Å². The molecule has 0 radical (unpaired) electrons. The van der Waals surface area contributed by atoms with E-state index in [0.717, 1.165) is 31.9 Å². The van der Waals surface area contributed by atoms with Crippen LogP contribution in [0, 0.1) is 5.41 Å². The molecule has 0 N–H and O–H groups in total. The SMILES string of the molecule is CC(C)(C)c1ccc(C(=O)N2CC3(COC3)C2)cc1. The second kappa shape index (κ2) is 4.07. The lowest BCUT2D eigenvalue weighted by atomic mass is 9.77. The number of nitrogens with zero attached hydrogens (tertiary/aromatic N) is 1. The number of ether oxygens (including phenoxy) is 1. The lowest BCUT2D eigenvalue weighted by Gasteiger charge is -2.54. The van der Waals surface area contributed by atoms with Crippen LogP contribution in [0.15, 0.2) is 24.3 Å². The molecule has 0 aliphatic carbocycles. The van der Waals surface area contributed by atoms with Crippen LogP contribution in [0.4, 0.5) is 0 Å². The van der Waals surface area contributed by atoms with Gasteiger partial charge in [0.15, 0.2) is 0 Å². The topological polar surface area (TPSA) is 29.5 Å². The first-order chi connectivity index (χ1) is 8.90. The summed E-state index contributed by atoms with van der Waals surface area (Å²) >= 11 is 0. The highest BCUT2D eigenvalue weighted by Gasteiger charge is 2.50. The molecule has 102 valence electrons. The Kier molecular flexibility index (Phi) is 2.72. The van der Waals surface area contributed by atoms with Crippen molar-refractivity contribution in [3.05, 3.63) is 35.4 Å². The van der Waals surface area contributed by atoms with Crippen molar-refractivity contribution in [2.75, 3.05) is 26.3 Å². The third kappa shape index (κ3) is 2.16. The van der Waals surface area contributed by atoms with Gasteiger partial charge >= 0.3 is 0 Å². The van der Waals surface area contributed by atoms with E-state index in [2.05, 4.69) is 32.9 Å². The summed E-state index contributed by atoms with van der Waals surface area (Å²) in [4.78, 5) is 14.2. The molecule has 3 heteroatoms. The van der Waals surface area contributed by atoms with Crippen molar-refractivity contribution in [2.45, 2.75) is 26.2 Å². The van der Waals surface area contributed by atoms with Gasteiger partial charge in [-0.3, -0.25) is 4.79 Å². The van der Waals surface area contributed by atoms with Crippen molar-refractivity contribution in [1.29, 1.82) is 0 Å². The van der Waals surface area contributed by atoms with Crippen LogP contribution in [0.3, 0.4) is 0 Å². The molecule has 2 aliphatic heterocycles. The zero-order chi connectivity index (χ0) is 13.7. The van der Waals surface area contributed by atoms with Crippen molar-refractivity contribution in [2.24, 2.45) is 5.41 Å². The van der Waals surface area contributed by atoms with Gasteiger partial charge in [-0.25, -0.2) is 0 Å². The van der Waals surface area contributed by atoms with E-state index in [1.807, 2.05) is 17.0 Å². The number of carbonyl (C=O) groups excluding carboxylic acids is 1. The Labute approximate surface area is 114 Å². The monoisotopic (exact) mass is 259 g/mol. The molecule has 1 aromatic carbocycles. The van der Waals surface area contributed by atoms with E-state index in [1.54, 1.807) is 0 Å². The number of benzene rings is 1. The van der Waals surface area contributed by atoms with Gasteiger partial charge in [-0.1, -0.05) is 32.9 Å². The molecule has 2 saturated heterocycles. The minimum atomic E-state index is 0.131. The second-order valence-electron chi connectivity index (χ2n) is 6.98. The normalized spacial score (nSPS) is 20.9. The quantitative estimate of drug-likeness (QED) is 0.775. The first-order valence-electron chi connectivity index (χ1n) is 6.87. The fraction of sp³-hybridized carbons (Fsp3) is 0.562. The van der Waals surface area contributed by atoms with Crippen LogP contribution in [-0.4, -0.2) is 37.1 Å². The molecule has 1 spiro atoms. The minimum absolute atomic E-state index is 0.131. The van der Waals surface area contributed by atoms with Crippen molar-refractivity contribution in [3.63, 3.8) is 0 Å². The van der Waals surface area contributed by atoms with Gasteiger partial charge in [-0.2, -0.15) is 0 Å². The van der Waals surface area contributed by atoms with Crippen LogP contribution < -0.4 is 0 Å². The molecule has 1 amide bonds. The van der Waals surface area contributed by atoms with Crippen LogP contribution in [0.2, 0.25) is 0 Å². The number of rotatable bonds is 1. The summed E-state index contributed by atoms with van der Waals surface area (Å²) in [5, 5.41) is 0. The summed E-state index contributed by atoms with van der Waals surface area (Å²) in [5.41, 5.74) is 2.48. The molecular weight excluding hydrogens is 238 g/mol. The number of hydrogen-bond donors (Lipinski definition) is 0. The molecule has 0 bridgehead atoms. The maximum absolute atomic E-state index is 12.3. The lowest BCUT2D eigenvalue weighted by molar-refractivity contribution is -0.176. The molecular formula is C16H21NO2. The van der Waals surface area contributed by atoms with Gasteiger partial charge in [0.05, 0.1) is 18.6 Å². The third-order valence-electron chi connectivity index (χ3n) is 4.15. The van der Waals surface area contributed by atoms with Crippen LogP contribution in [0.5, 0.6) is 0 Å². The van der Waals surface area contributed by atoms with Crippen LogP contribution in [0.25, 0.3) is 0 Å². The van der Waals surface area contributed by atoms with Gasteiger partial charge < -0.3 is 9.64 Å². The Hall–Kier alpha value is -1.35. The van der Waals surface area contributed by atoms with E-state index in [-0.39, 0.29) is 11.3 Å². The van der Waals surface area contributed by atoms with Gasteiger partial charge in [0.2, 0.25) is 0 Å². The van der Waals surface area contributed by atoms with Crippen molar-refractivity contribution in [3.8, 4) is 0 Å². The number of likely N-dealkylation sites (tertiary alicyclic amines) is 1. The highest BCUT2D eigenvalue weighted by atomic mass is 16.5. The lowest BCUT2D eigenvalue weighted by Crippen LogP contribution is -2.67. The predicted molar refractivity (Wildman–Crippen MR) is 74.3 cm³/mol. The molecule has 1 aromatic rings. The van der Waals surface area contributed by atoms with Crippen LogP contribution in [0.1, 0.15) is 36.7 Å². The Morgan fingerprint density at radius 3 is 2.16 bits per heavy atom. The molecule has 19 heavy (non-hydrogen) atoms. The van der Waals surface area contributed by atoms with E-state index in [1.165, 1.54) is 5.56 Å². The fourth-order valence-electron chi connectivity index (χ4n) is 2.78. The average Bonchev–Trinajstić information content (AvgIpc) is 2.24. The van der Waals surface area contributed by atoms with Gasteiger partial charge in [0.1, 0.15) is 0 Å². The van der Waals surface area contributed by atoms with E-state index in [4.69, 9.17) is 4.74 Å². The zero-order valence-corrected chi connectivity index (χ0v) is 11.9. The summed E-state index contributed by atoms with van der Waals surface area (Å²) in [6.07, 6.45) is 0. The van der Waals surface area contributed by atoms with Crippen molar-refractivity contribution < 1.29 is 9.53 Å². The number of amides is 1. The molecule has 2 aliphatic rings. The predicted octanol–water partition coefficient (Wildman–Crippen LogP) is 2.46. The first-order valence-corrected chi connectivity index (χ1v) is 6.87. The third-order valence-corrected chi connectivity index (χ3v) is 4.15. The van der Waals surface area contributed by atoms with E-state index >= 15 is 0 Å². The summed E-state index contributed by atoms with van der Waals surface area (Å²) in [6.45, 7) is 9.89. The summed E-state index contributed by atoms with van der Waals surface area (Å²) in [7, 11) is 0.